The highest BCUT2D eigenvalue weighted by Crippen LogP contribution is 2.12. The third-order valence-electron chi connectivity index (χ3n) is 3.46. The van der Waals surface area contributed by atoms with Crippen molar-refractivity contribution in [1.29, 1.82) is 0 Å². The molecular weight excluding hydrogens is 282 g/mol. The van der Waals surface area contributed by atoms with Gasteiger partial charge in [-0.2, -0.15) is 0 Å². The SMILES string of the molecule is Cc1nnc(CN(C)C(=O)CCn2cnc3ccccc32)o1. The summed E-state index contributed by atoms with van der Waals surface area (Å²) in [7, 11) is 1.73. The molecule has 1 amide bonds. The molecule has 0 saturated carbocycles. The maximum Gasteiger partial charge on any atom is 0.235 e. The Hall–Kier alpha value is -2.70. The number of fused-ring (bicyclic) bond motifs is 1. The van der Waals surface area contributed by atoms with E-state index >= 15 is 0 Å². The van der Waals surface area contributed by atoms with Gasteiger partial charge in [-0.15, -0.1) is 10.2 Å². The van der Waals surface area contributed by atoms with Gasteiger partial charge in [0.05, 0.1) is 23.9 Å². The molecule has 0 aliphatic heterocycles. The fraction of sp³-hybridized carbons (Fsp3) is 0.333. The summed E-state index contributed by atoms with van der Waals surface area (Å²) >= 11 is 0. The predicted molar refractivity (Wildman–Crippen MR) is 79.9 cm³/mol. The number of hydrogen-bond acceptors (Lipinski definition) is 5. The standard InChI is InChI=1S/C15H17N5O2/c1-11-17-18-14(22-11)9-19(2)15(21)7-8-20-10-16-12-5-3-4-6-13(12)20/h3-6,10H,7-9H2,1-2H3. The summed E-state index contributed by atoms with van der Waals surface area (Å²) in [5.74, 6) is 0.968. The van der Waals surface area contributed by atoms with Gasteiger partial charge in [-0.25, -0.2) is 4.98 Å². The Morgan fingerprint density at radius 1 is 1.32 bits per heavy atom. The first-order valence-corrected chi connectivity index (χ1v) is 7.06. The third-order valence-corrected chi connectivity index (χ3v) is 3.46. The molecule has 2 heterocycles. The van der Waals surface area contributed by atoms with E-state index in [1.54, 1.807) is 25.2 Å². The third kappa shape index (κ3) is 2.98. The quantitative estimate of drug-likeness (QED) is 0.717. The molecular formula is C15H17N5O2. The molecule has 0 spiro atoms. The summed E-state index contributed by atoms with van der Waals surface area (Å²) in [4.78, 5) is 18.1. The molecule has 0 aliphatic rings. The van der Waals surface area contributed by atoms with Crippen LogP contribution in [0.4, 0.5) is 0 Å². The van der Waals surface area contributed by atoms with Gasteiger partial charge < -0.3 is 13.9 Å². The van der Waals surface area contributed by atoms with Crippen molar-refractivity contribution < 1.29 is 9.21 Å². The molecule has 0 radical (unpaired) electrons. The zero-order chi connectivity index (χ0) is 15.5. The molecule has 3 aromatic rings. The van der Waals surface area contributed by atoms with E-state index in [-0.39, 0.29) is 5.91 Å². The number of para-hydroxylation sites is 2. The van der Waals surface area contributed by atoms with Gasteiger partial charge >= 0.3 is 0 Å². The van der Waals surface area contributed by atoms with Gasteiger partial charge in [-0.3, -0.25) is 4.79 Å². The van der Waals surface area contributed by atoms with Crippen LogP contribution < -0.4 is 0 Å². The maximum atomic E-state index is 12.2. The van der Waals surface area contributed by atoms with Crippen molar-refractivity contribution in [1.82, 2.24) is 24.6 Å². The molecule has 0 aliphatic carbocycles. The minimum atomic E-state index is 0.0219. The summed E-state index contributed by atoms with van der Waals surface area (Å²) < 4.78 is 7.27. The Morgan fingerprint density at radius 2 is 2.14 bits per heavy atom. The molecule has 22 heavy (non-hydrogen) atoms. The van der Waals surface area contributed by atoms with Gasteiger partial charge in [0.15, 0.2) is 0 Å². The summed E-state index contributed by atoms with van der Waals surface area (Å²) in [6, 6.07) is 7.87. The van der Waals surface area contributed by atoms with Crippen LogP contribution in [0.3, 0.4) is 0 Å². The predicted octanol–water partition coefficient (Wildman–Crippen LogP) is 1.78. The van der Waals surface area contributed by atoms with Crippen LogP contribution in [0.2, 0.25) is 0 Å². The number of imidazole rings is 1. The molecule has 0 bridgehead atoms. The number of benzene rings is 1. The van der Waals surface area contributed by atoms with E-state index in [1.165, 1.54) is 0 Å². The summed E-state index contributed by atoms with van der Waals surface area (Å²) in [5, 5.41) is 7.65. The fourth-order valence-electron chi connectivity index (χ4n) is 2.29. The van der Waals surface area contributed by atoms with E-state index < -0.39 is 0 Å². The minimum Gasteiger partial charge on any atom is -0.424 e. The first-order chi connectivity index (χ1) is 10.6. The van der Waals surface area contributed by atoms with E-state index in [0.29, 0.717) is 31.3 Å². The number of amides is 1. The van der Waals surface area contributed by atoms with Crippen molar-refractivity contribution in [3.05, 3.63) is 42.4 Å². The molecule has 0 N–H and O–H groups in total. The normalized spacial score (nSPS) is 11.0. The van der Waals surface area contributed by atoms with Gasteiger partial charge in [0.2, 0.25) is 17.7 Å². The average Bonchev–Trinajstić information content (AvgIpc) is 3.11. The molecule has 3 rings (SSSR count). The number of nitrogens with zero attached hydrogens (tertiary/aromatic N) is 5. The summed E-state index contributed by atoms with van der Waals surface area (Å²) in [5.41, 5.74) is 1.97. The van der Waals surface area contributed by atoms with Crippen molar-refractivity contribution in [3.63, 3.8) is 0 Å². The molecule has 0 atom stereocenters. The second-order valence-electron chi connectivity index (χ2n) is 5.14. The molecule has 0 saturated heterocycles. The van der Waals surface area contributed by atoms with Crippen LogP contribution in [0, 0.1) is 6.92 Å². The smallest absolute Gasteiger partial charge is 0.235 e. The van der Waals surface area contributed by atoms with E-state index in [0.717, 1.165) is 11.0 Å². The lowest BCUT2D eigenvalue weighted by Crippen LogP contribution is -2.27. The Morgan fingerprint density at radius 3 is 2.91 bits per heavy atom. The van der Waals surface area contributed by atoms with Gasteiger partial charge in [0.25, 0.3) is 0 Å². The number of hydrogen-bond donors (Lipinski definition) is 0. The second kappa shape index (κ2) is 5.97. The fourth-order valence-corrected chi connectivity index (χ4v) is 2.29. The highest BCUT2D eigenvalue weighted by Gasteiger charge is 2.13. The van der Waals surface area contributed by atoms with Gasteiger partial charge in [0, 0.05) is 26.9 Å². The monoisotopic (exact) mass is 299 g/mol. The Labute approximate surface area is 127 Å². The first kappa shape index (κ1) is 14.2. The van der Waals surface area contributed by atoms with Crippen LogP contribution in [-0.4, -0.2) is 37.6 Å². The molecule has 2 aromatic heterocycles. The van der Waals surface area contributed by atoms with Crippen LogP contribution in [0.15, 0.2) is 35.0 Å². The molecule has 7 heteroatoms. The molecule has 1 aromatic carbocycles. The van der Waals surface area contributed by atoms with Crippen molar-refractivity contribution >= 4 is 16.9 Å². The maximum absolute atomic E-state index is 12.2. The lowest BCUT2D eigenvalue weighted by Gasteiger charge is -2.15. The minimum absolute atomic E-state index is 0.0219. The zero-order valence-corrected chi connectivity index (χ0v) is 12.6. The van der Waals surface area contributed by atoms with Gasteiger partial charge in [0.1, 0.15) is 0 Å². The van der Waals surface area contributed by atoms with Crippen LogP contribution in [-0.2, 0) is 17.9 Å². The number of aromatic nitrogens is 4. The number of aryl methyl sites for hydroxylation is 2. The Bertz CT molecular complexity index is 792. The van der Waals surface area contributed by atoms with Crippen LogP contribution in [0.5, 0.6) is 0 Å². The lowest BCUT2D eigenvalue weighted by atomic mass is 10.3. The highest BCUT2D eigenvalue weighted by molar-refractivity contribution is 5.77. The van der Waals surface area contributed by atoms with Crippen molar-refractivity contribution in [3.8, 4) is 0 Å². The van der Waals surface area contributed by atoms with Crippen molar-refractivity contribution in [2.24, 2.45) is 0 Å². The lowest BCUT2D eigenvalue weighted by molar-refractivity contribution is -0.130. The van der Waals surface area contributed by atoms with E-state index in [1.807, 2.05) is 28.8 Å². The topological polar surface area (TPSA) is 77.1 Å². The Kier molecular flexibility index (Phi) is 3.86. The summed E-state index contributed by atoms with van der Waals surface area (Å²) in [6.07, 6.45) is 2.16. The number of carbonyl (C=O) groups excluding carboxylic acids is 1. The van der Waals surface area contributed by atoms with Crippen molar-refractivity contribution in [2.75, 3.05) is 7.05 Å². The second-order valence-corrected chi connectivity index (χ2v) is 5.14. The molecule has 7 nitrogen and oxygen atoms in total. The van der Waals surface area contributed by atoms with E-state index in [9.17, 15) is 4.79 Å². The Balaban J connectivity index is 1.59. The highest BCUT2D eigenvalue weighted by atomic mass is 16.4. The average molecular weight is 299 g/mol. The van der Waals surface area contributed by atoms with E-state index in [4.69, 9.17) is 4.42 Å². The molecule has 0 unspecified atom stereocenters. The summed E-state index contributed by atoms with van der Waals surface area (Å²) in [6.45, 7) is 2.64. The van der Waals surface area contributed by atoms with Crippen LogP contribution >= 0.6 is 0 Å². The first-order valence-electron chi connectivity index (χ1n) is 7.06. The van der Waals surface area contributed by atoms with Gasteiger partial charge in [-0.05, 0) is 12.1 Å². The molecule has 114 valence electrons. The number of carbonyl (C=O) groups is 1. The largest absolute Gasteiger partial charge is 0.424 e. The van der Waals surface area contributed by atoms with Gasteiger partial charge in [-0.1, -0.05) is 12.1 Å². The molecule has 0 fully saturated rings. The number of rotatable bonds is 5. The van der Waals surface area contributed by atoms with Crippen LogP contribution in [0.1, 0.15) is 18.2 Å². The van der Waals surface area contributed by atoms with Crippen LogP contribution in [0.25, 0.3) is 11.0 Å². The van der Waals surface area contributed by atoms with E-state index in [2.05, 4.69) is 15.2 Å². The van der Waals surface area contributed by atoms with Crippen molar-refractivity contribution in [2.45, 2.75) is 26.4 Å². The zero-order valence-electron chi connectivity index (χ0n) is 12.6.